The van der Waals surface area contributed by atoms with E-state index in [1.807, 2.05) is 0 Å². The van der Waals surface area contributed by atoms with Gasteiger partial charge in [0.25, 0.3) is 0 Å². The minimum absolute atomic E-state index is 0.137. The second-order valence-electron chi connectivity index (χ2n) is 6.29. The van der Waals surface area contributed by atoms with Gasteiger partial charge < -0.3 is 9.31 Å². The molecule has 0 amide bonds. The van der Waals surface area contributed by atoms with Crippen LogP contribution < -0.4 is 4.78 Å². The number of aryl methyl sites for hydroxylation is 1. The maximum absolute atomic E-state index is 5.82. The first-order chi connectivity index (χ1) is 9.11. The summed E-state index contributed by atoms with van der Waals surface area (Å²) in [6.45, 7) is 8.17. The summed E-state index contributed by atoms with van der Waals surface area (Å²) in [5.41, 5.74) is 1.59. The van der Waals surface area contributed by atoms with Gasteiger partial charge in [-0.25, -0.2) is 0 Å². The SMILES string of the molecule is CCCCCCc1csc(B2OCC(C)(C)CO2)c1. The van der Waals surface area contributed by atoms with Crippen molar-refractivity contribution in [1.29, 1.82) is 0 Å². The van der Waals surface area contributed by atoms with Crippen molar-refractivity contribution in [1.82, 2.24) is 0 Å². The van der Waals surface area contributed by atoms with Gasteiger partial charge in [0.1, 0.15) is 0 Å². The standard InChI is InChI=1S/C15H25BO2S/c1-4-5-6-7-8-13-9-14(19-10-13)16-17-11-15(2,3)12-18-16/h9-10H,4-8,11-12H2,1-3H3. The molecule has 1 aliphatic heterocycles. The van der Waals surface area contributed by atoms with Gasteiger partial charge in [0, 0.05) is 23.4 Å². The molecule has 1 aromatic heterocycles. The molecular weight excluding hydrogens is 255 g/mol. The fraction of sp³-hybridized carbons (Fsp3) is 0.733. The Morgan fingerprint density at radius 3 is 2.63 bits per heavy atom. The molecule has 0 saturated carbocycles. The summed E-state index contributed by atoms with van der Waals surface area (Å²) in [4.78, 5) is 0. The number of unbranched alkanes of at least 4 members (excludes halogenated alkanes) is 3. The van der Waals surface area contributed by atoms with Crippen molar-refractivity contribution >= 4 is 23.2 Å². The van der Waals surface area contributed by atoms with Crippen molar-refractivity contribution in [2.24, 2.45) is 5.41 Å². The van der Waals surface area contributed by atoms with Crippen molar-refractivity contribution in [3.05, 3.63) is 17.0 Å². The molecule has 106 valence electrons. The maximum atomic E-state index is 5.82. The molecule has 1 aromatic rings. The zero-order chi connectivity index (χ0) is 13.7. The van der Waals surface area contributed by atoms with E-state index in [0.717, 1.165) is 13.2 Å². The highest BCUT2D eigenvalue weighted by molar-refractivity contribution is 7.20. The van der Waals surface area contributed by atoms with Crippen molar-refractivity contribution in [3.8, 4) is 0 Å². The van der Waals surface area contributed by atoms with Crippen LogP contribution in [0.4, 0.5) is 0 Å². The Kier molecular flexibility index (Phi) is 5.49. The first kappa shape index (κ1) is 15.1. The number of thiophene rings is 1. The smallest absolute Gasteiger partial charge is 0.406 e. The molecule has 0 bridgehead atoms. The molecule has 1 saturated heterocycles. The molecule has 0 radical (unpaired) electrons. The lowest BCUT2D eigenvalue weighted by atomic mass is 9.82. The molecular formula is C15H25BO2S. The third kappa shape index (κ3) is 4.62. The maximum Gasteiger partial charge on any atom is 0.504 e. The lowest BCUT2D eigenvalue weighted by Gasteiger charge is -2.32. The topological polar surface area (TPSA) is 18.5 Å². The zero-order valence-corrected chi connectivity index (χ0v) is 13.2. The van der Waals surface area contributed by atoms with Crippen LogP contribution in [0.5, 0.6) is 0 Å². The van der Waals surface area contributed by atoms with Gasteiger partial charge in [0.2, 0.25) is 0 Å². The molecule has 0 aromatic carbocycles. The predicted molar refractivity (Wildman–Crippen MR) is 83.2 cm³/mol. The van der Waals surface area contributed by atoms with Gasteiger partial charge in [0.05, 0.1) is 0 Å². The highest BCUT2D eigenvalue weighted by Gasteiger charge is 2.34. The summed E-state index contributed by atoms with van der Waals surface area (Å²) >= 11 is 1.77. The number of hydrogen-bond acceptors (Lipinski definition) is 3. The normalized spacial score (nSPS) is 18.8. The largest absolute Gasteiger partial charge is 0.504 e. The Hall–Kier alpha value is -0.315. The fourth-order valence-electron chi connectivity index (χ4n) is 2.26. The summed E-state index contributed by atoms with van der Waals surface area (Å²) in [5, 5.41) is 2.26. The molecule has 0 atom stereocenters. The van der Waals surface area contributed by atoms with Crippen LogP contribution in [0.3, 0.4) is 0 Å². The van der Waals surface area contributed by atoms with Gasteiger partial charge >= 0.3 is 7.12 Å². The highest BCUT2D eigenvalue weighted by atomic mass is 32.1. The van der Waals surface area contributed by atoms with Crippen LogP contribution in [0, 0.1) is 5.41 Å². The average Bonchev–Trinajstić information content (AvgIpc) is 2.83. The number of rotatable bonds is 6. The van der Waals surface area contributed by atoms with Crippen LogP contribution in [-0.4, -0.2) is 20.3 Å². The van der Waals surface area contributed by atoms with Crippen LogP contribution in [0.1, 0.15) is 52.0 Å². The first-order valence-corrected chi connectivity index (χ1v) is 8.29. The van der Waals surface area contributed by atoms with E-state index in [1.165, 1.54) is 42.4 Å². The van der Waals surface area contributed by atoms with Crippen LogP contribution >= 0.6 is 11.3 Å². The lowest BCUT2D eigenvalue weighted by Crippen LogP contribution is -2.46. The van der Waals surface area contributed by atoms with Gasteiger partial charge in [-0.1, -0.05) is 40.0 Å². The number of hydrogen-bond donors (Lipinski definition) is 0. The second kappa shape index (κ2) is 6.91. The summed E-state index contributed by atoms with van der Waals surface area (Å²) < 4.78 is 12.9. The van der Waals surface area contributed by atoms with E-state index in [2.05, 4.69) is 32.2 Å². The molecule has 0 N–H and O–H groups in total. The molecule has 0 aliphatic carbocycles. The van der Waals surface area contributed by atoms with Gasteiger partial charge in [0.15, 0.2) is 0 Å². The van der Waals surface area contributed by atoms with Gasteiger partial charge in [-0.05, 0) is 29.9 Å². The van der Waals surface area contributed by atoms with Crippen LogP contribution in [0.25, 0.3) is 0 Å². The van der Waals surface area contributed by atoms with E-state index in [-0.39, 0.29) is 12.5 Å². The van der Waals surface area contributed by atoms with E-state index in [0.29, 0.717) is 0 Å². The monoisotopic (exact) mass is 280 g/mol. The third-order valence-electron chi connectivity index (χ3n) is 3.48. The van der Waals surface area contributed by atoms with Crippen LogP contribution in [-0.2, 0) is 15.7 Å². The summed E-state index contributed by atoms with van der Waals surface area (Å²) in [7, 11) is -0.137. The van der Waals surface area contributed by atoms with Crippen molar-refractivity contribution in [3.63, 3.8) is 0 Å². The molecule has 2 heterocycles. The first-order valence-electron chi connectivity index (χ1n) is 7.41. The van der Waals surface area contributed by atoms with Crippen molar-refractivity contribution < 1.29 is 9.31 Å². The van der Waals surface area contributed by atoms with Gasteiger partial charge in [-0.15, -0.1) is 0 Å². The highest BCUT2D eigenvalue weighted by Crippen LogP contribution is 2.22. The van der Waals surface area contributed by atoms with E-state index in [9.17, 15) is 0 Å². The third-order valence-corrected chi connectivity index (χ3v) is 4.48. The Labute approximate surface area is 121 Å². The average molecular weight is 280 g/mol. The molecule has 1 fully saturated rings. The molecule has 1 aliphatic rings. The summed E-state index contributed by atoms with van der Waals surface area (Å²) in [6, 6.07) is 2.26. The minimum atomic E-state index is -0.137. The van der Waals surface area contributed by atoms with E-state index in [4.69, 9.17) is 9.31 Å². The van der Waals surface area contributed by atoms with Crippen molar-refractivity contribution in [2.75, 3.05) is 13.2 Å². The Bertz CT molecular complexity index is 379. The Morgan fingerprint density at radius 2 is 1.95 bits per heavy atom. The second-order valence-corrected chi connectivity index (χ2v) is 7.23. The molecule has 2 rings (SSSR count). The quantitative estimate of drug-likeness (QED) is 0.585. The van der Waals surface area contributed by atoms with E-state index < -0.39 is 0 Å². The molecule has 19 heavy (non-hydrogen) atoms. The minimum Gasteiger partial charge on any atom is -0.406 e. The van der Waals surface area contributed by atoms with E-state index in [1.54, 1.807) is 11.3 Å². The molecule has 2 nitrogen and oxygen atoms in total. The molecule has 0 spiro atoms. The van der Waals surface area contributed by atoms with Gasteiger partial charge in [-0.3, -0.25) is 0 Å². The predicted octanol–water partition coefficient (Wildman–Crippen LogP) is 3.64. The van der Waals surface area contributed by atoms with Gasteiger partial charge in [-0.2, -0.15) is 11.3 Å². The summed E-state index contributed by atoms with van der Waals surface area (Å²) in [6.07, 6.45) is 6.47. The molecule has 0 unspecified atom stereocenters. The van der Waals surface area contributed by atoms with Crippen LogP contribution in [0.15, 0.2) is 11.4 Å². The van der Waals surface area contributed by atoms with Crippen LogP contribution in [0.2, 0.25) is 0 Å². The lowest BCUT2D eigenvalue weighted by molar-refractivity contribution is 0.0346. The molecule has 4 heteroatoms. The zero-order valence-electron chi connectivity index (χ0n) is 12.4. The summed E-state index contributed by atoms with van der Waals surface area (Å²) in [5.74, 6) is 0. The van der Waals surface area contributed by atoms with Crippen molar-refractivity contribution in [2.45, 2.75) is 52.9 Å². The Balaban J connectivity index is 1.80. The fourth-order valence-corrected chi connectivity index (χ4v) is 3.20. The van der Waals surface area contributed by atoms with E-state index >= 15 is 0 Å². The Morgan fingerprint density at radius 1 is 1.21 bits per heavy atom.